The maximum Gasteiger partial charge on any atom is 0.0141 e. The molecule has 1 aliphatic carbocycles. The van der Waals surface area contributed by atoms with Crippen LogP contribution >= 0.6 is 0 Å². The topological polar surface area (TPSA) is 38.0 Å². The molecule has 3 rings (SSSR count). The largest absolute Gasteiger partial charge is 0.330 e. The third-order valence-electron chi connectivity index (χ3n) is 5.19. The lowest BCUT2D eigenvalue weighted by atomic mass is 9.84. The van der Waals surface area contributed by atoms with E-state index in [4.69, 9.17) is 5.73 Å². The van der Waals surface area contributed by atoms with Gasteiger partial charge in [-0.2, -0.15) is 0 Å². The van der Waals surface area contributed by atoms with Crippen LogP contribution in [0.5, 0.6) is 0 Å². The molecule has 2 heteroatoms. The van der Waals surface area contributed by atoms with Crippen molar-refractivity contribution in [3.8, 4) is 0 Å². The summed E-state index contributed by atoms with van der Waals surface area (Å²) in [7, 11) is 1.98. The first kappa shape index (κ1) is 22.6. The zero-order chi connectivity index (χ0) is 19.8. The first-order valence-electron chi connectivity index (χ1n) is 10.0. The average Bonchev–Trinajstić information content (AvgIpc) is 2.76. The predicted octanol–water partition coefficient (Wildman–Crippen LogP) is 5.86. The van der Waals surface area contributed by atoms with E-state index < -0.39 is 0 Å². The summed E-state index contributed by atoms with van der Waals surface area (Å²) in [5.41, 5.74) is 13.8. The Morgan fingerprint density at radius 2 is 1.62 bits per heavy atom. The Kier molecular flexibility index (Phi) is 8.85. The highest BCUT2D eigenvalue weighted by molar-refractivity contribution is 5.84. The molecule has 0 aliphatic heterocycles. The van der Waals surface area contributed by atoms with Gasteiger partial charge < -0.3 is 11.1 Å². The third-order valence-corrected chi connectivity index (χ3v) is 5.19. The molecule has 0 bridgehead atoms. The van der Waals surface area contributed by atoms with Crippen LogP contribution in [0.15, 0.2) is 96.1 Å². The van der Waals surface area contributed by atoms with Crippen LogP contribution in [0, 0.1) is 5.92 Å². The molecule has 1 aliphatic rings. The van der Waals surface area contributed by atoms with Gasteiger partial charge in [-0.05, 0) is 59.4 Å². The SMILES string of the molecule is C.CNC/C=C(\C1=CC/C(=C(/c2ccccc2)C(C)CN)C=C1)c1ccccc1. The summed E-state index contributed by atoms with van der Waals surface area (Å²) in [6, 6.07) is 21.2. The van der Waals surface area contributed by atoms with Crippen LogP contribution in [0.1, 0.15) is 31.9 Å². The number of nitrogens with two attached hydrogens (primary N) is 1. The third kappa shape index (κ3) is 5.66. The monoisotopic (exact) mass is 386 g/mol. The highest BCUT2D eigenvalue weighted by Crippen LogP contribution is 2.34. The molecule has 1 atom stereocenters. The van der Waals surface area contributed by atoms with E-state index in [9.17, 15) is 0 Å². The predicted molar refractivity (Wildman–Crippen MR) is 128 cm³/mol. The van der Waals surface area contributed by atoms with Gasteiger partial charge in [-0.15, -0.1) is 0 Å². The lowest BCUT2D eigenvalue weighted by Gasteiger charge is -2.21. The van der Waals surface area contributed by atoms with Crippen molar-refractivity contribution < 1.29 is 0 Å². The van der Waals surface area contributed by atoms with Gasteiger partial charge in [0.2, 0.25) is 0 Å². The highest BCUT2D eigenvalue weighted by atomic mass is 14.8. The second kappa shape index (κ2) is 11.4. The van der Waals surface area contributed by atoms with E-state index in [1.165, 1.54) is 33.4 Å². The van der Waals surface area contributed by atoms with Crippen LogP contribution in [0.25, 0.3) is 11.1 Å². The maximum absolute atomic E-state index is 6.03. The summed E-state index contributed by atoms with van der Waals surface area (Å²) in [4.78, 5) is 0. The van der Waals surface area contributed by atoms with Crippen molar-refractivity contribution in [3.63, 3.8) is 0 Å². The maximum atomic E-state index is 6.03. The molecule has 29 heavy (non-hydrogen) atoms. The standard InChI is InChI=1S/C26H30N2.CH4/c1-20(19-27)26(23-11-7-4-8-12-23)24-15-13-22(14-16-24)25(17-18-28-2)21-9-5-3-6-10-21;/h3-15,17,20,28H,16,18-19,27H2,1-2H3;1H4/b25-17-,26-24+;. The van der Waals surface area contributed by atoms with Gasteiger partial charge in [0.25, 0.3) is 0 Å². The fourth-order valence-corrected chi connectivity index (χ4v) is 3.69. The first-order valence-corrected chi connectivity index (χ1v) is 10.0. The van der Waals surface area contributed by atoms with Crippen molar-refractivity contribution in [2.45, 2.75) is 20.8 Å². The van der Waals surface area contributed by atoms with Gasteiger partial charge in [0.1, 0.15) is 0 Å². The van der Waals surface area contributed by atoms with Gasteiger partial charge in [-0.3, -0.25) is 0 Å². The number of hydrogen-bond donors (Lipinski definition) is 2. The van der Waals surface area contributed by atoms with Crippen LogP contribution in [-0.2, 0) is 0 Å². The zero-order valence-corrected chi connectivity index (χ0v) is 16.9. The molecular weight excluding hydrogens is 352 g/mol. The number of nitrogens with one attached hydrogen (secondary N) is 1. The average molecular weight is 387 g/mol. The van der Waals surface area contributed by atoms with Crippen molar-refractivity contribution in [3.05, 3.63) is 107 Å². The second-order valence-corrected chi connectivity index (χ2v) is 7.18. The zero-order valence-electron chi connectivity index (χ0n) is 16.9. The lowest BCUT2D eigenvalue weighted by molar-refractivity contribution is 0.754. The summed E-state index contributed by atoms with van der Waals surface area (Å²) in [5, 5.41) is 3.23. The molecule has 0 heterocycles. The highest BCUT2D eigenvalue weighted by Gasteiger charge is 2.16. The Balaban J connectivity index is 0.00000300. The summed E-state index contributed by atoms with van der Waals surface area (Å²) in [5.74, 6) is 0.324. The fourth-order valence-electron chi connectivity index (χ4n) is 3.69. The van der Waals surface area contributed by atoms with Gasteiger partial charge in [-0.25, -0.2) is 0 Å². The van der Waals surface area contributed by atoms with Gasteiger partial charge in [0.15, 0.2) is 0 Å². The first-order chi connectivity index (χ1) is 13.7. The molecule has 2 aromatic carbocycles. The number of rotatable bonds is 7. The quantitative estimate of drug-likeness (QED) is 0.625. The van der Waals surface area contributed by atoms with E-state index in [2.05, 4.69) is 97.2 Å². The molecule has 3 N–H and O–H groups in total. The molecule has 0 radical (unpaired) electrons. The van der Waals surface area contributed by atoms with E-state index >= 15 is 0 Å². The molecule has 0 saturated heterocycles. The molecule has 2 aromatic rings. The number of benzene rings is 2. The molecular formula is C27H34N2. The normalized spacial score (nSPS) is 16.7. The van der Waals surface area contributed by atoms with E-state index in [0.717, 1.165) is 13.0 Å². The van der Waals surface area contributed by atoms with E-state index in [-0.39, 0.29) is 7.43 Å². The Morgan fingerprint density at radius 3 is 2.14 bits per heavy atom. The van der Waals surface area contributed by atoms with Crippen LogP contribution in [0.4, 0.5) is 0 Å². The van der Waals surface area contributed by atoms with Crippen LogP contribution in [-0.4, -0.2) is 20.1 Å². The van der Waals surface area contributed by atoms with Crippen molar-refractivity contribution >= 4 is 11.1 Å². The van der Waals surface area contributed by atoms with Gasteiger partial charge in [-0.1, -0.05) is 99.3 Å². The van der Waals surface area contributed by atoms with Crippen LogP contribution in [0.3, 0.4) is 0 Å². The molecule has 2 nitrogen and oxygen atoms in total. The lowest BCUT2D eigenvalue weighted by Crippen LogP contribution is -2.14. The van der Waals surface area contributed by atoms with E-state index in [0.29, 0.717) is 12.5 Å². The van der Waals surface area contributed by atoms with Crippen LogP contribution < -0.4 is 11.1 Å². The Hall–Kier alpha value is -2.68. The number of likely N-dealkylation sites (N-methyl/N-ethyl adjacent to an activating group) is 1. The minimum Gasteiger partial charge on any atom is -0.330 e. The summed E-state index contributed by atoms with van der Waals surface area (Å²) >= 11 is 0. The molecule has 152 valence electrons. The molecule has 0 aromatic heterocycles. The minimum atomic E-state index is 0. The molecule has 0 saturated carbocycles. The van der Waals surface area contributed by atoms with Crippen LogP contribution in [0.2, 0.25) is 0 Å². The van der Waals surface area contributed by atoms with Crippen molar-refractivity contribution in [2.75, 3.05) is 20.1 Å². The molecule has 1 unspecified atom stereocenters. The van der Waals surface area contributed by atoms with Gasteiger partial charge in [0, 0.05) is 6.54 Å². The molecule has 0 fully saturated rings. The van der Waals surface area contributed by atoms with Gasteiger partial charge >= 0.3 is 0 Å². The van der Waals surface area contributed by atoms with Crippen molar-refractivity contribution in [1.29, 1.82) is 0 Å². The second-order valence-electron chi connectivity index (χ2n) is 7.18. The Morgan fingerprint density at radius 1 is 1.00 bits per heavy atom. The molecule has 0 spiro atoms. The van der Waals surface area contributed by atoms with E-state index in [1.54, 1.807) is 0 Å². The smallest absolute Gasteiger partial charge is 0.0141 e. The number of hydrogen-bond acceptors (Lipinski definition) is 2. The Bertz CT molecular complexity index is 887. The van der Waals surface area contributed by atoms with E-state index in [1.807, 2.05) is 7.05 Å². The summed E-state index contributed by atoms with van der Waals surface area (Å²) < 4.78 is 0. The summed E-state index contributed by atoms with van der Waals surface area (Å²) in [6.45, 7) is 3.71. The molecule has 0 amide bonds. The van der Waals surface area contributed by atoms with Crippen molar-refractivity contribution in [2.24, 2.45) is 11.7 Å². The fraction of sp³-hybridized carbons (Fsp3) is 0.259. The Labute approximate surface area is 176 Å². The number of allylic oxidation sites excluding steroid dienone is 6. The van der Waals surface area contributed by atoms with Gasteiger partial charge in [0.05, 0.1) is 0 Å². The summed E-state index contributed by atoms with van der Waals surface area (Å²) in [6.07, 6.45) is 10.1. The van der Waals surface area contributed by atoms with Crippen molar-refractivity contribution in [1.82, 2.24) is 5.32 Å². The minimum absolute atomic E-state index is 0.